The molecule has 0 aromatic rings. The summed E-state index contributed by atoms with van der Waals surface area (Å²) in [5.41, 5.74) is 0. The maximum atomic E-state index is 11.6. The second-order valence-corrected chi connectivity index (χ2v) is 4.55. The molecule has 124 valence electrons. The zero-order valence-electron chi connectivity index (χ0n) is 10.8. The lowest BCUT2D eigenvalue weighted by Crippen LogP contribution is -2.47. The maximum Gasteiger partial charge on any atom is 0.346 e. The van der Waals surface area contributed by atoms with Crippen LogP contribution in [0.4, 0.5) is 0 Å². The van der Waals surface area contributed by atoms with Gasteiger partial charge in [-0.25, -0.2) is 19.2 Å². The van der Waals surface area contributed by atoms with E-state index in [-0.39, 0.29) is 0 Å². The van der Waals surface area contributed by atoms with Gasteiger partial charge in [0, 0.05) is 0 Å². The molecule has 12 heteroatoms. The van der Waals surface area contributed by atoms with Crippen molar-refractivity contribution >= 4 is 23.9 Å². The first-order valence-corrected chi connectivity index (χ1v) is 5.82. The molecule has 1 aliphatic carbocycles. The van der Waals surface area contributed by atoms with Crippen LogP contribution in [0, 0.1) is 23.7 Å². The van der Waals surface area contributed by atoms with Crippen LogP contribution in [0.5, 0.6) is 0 Å². The molecule has 0 aromatic heterocycles. The van der Waals surface area contributed by atoms with E-state index in [2.05, 4.69) is 19.6 Å². The zero-order chi connectivity index (χ0) is 16.9. The van der Waals surface area contributed by atoms with Crippen LogP contribution in [-0.2, 0) is 38.7 Å². The molecule has 22 heavy (non-hydrogen) atoms. The molecular weight excluding hydrogens is 312 g/mol. The third-order valence-corrected chi connectivity index (χ3v) is 3.51. The Morgan fingerprint density at radius 1 is 0.636 bits per heavy atom. The molecule has 1 fully saturated rings. The van der Waals surface area contributed by atoms with Crippen LogP contribution >= 0.6 is 0 Å². The summed E-state index contributed by atoms with van der Waals surface area (Å²) in [5.74, 6) is -11.6. The van der Waals surface area contributed by atoms with Crippen molar-refractivity contribution < 1.29 is 59.8 Å². The van der Waals surface area contributed by atoms with Gasteiger partial charge in [0.1, 0.15) is 0 Å². The Kier molecular flexibility index (Phi) is 6.18. The van der Waals surface area contributed by atoms with E-state index in [1.54, 1.807) is 0 Å². The normalized spacial score (nSPS) is 27.5. The van der Waals surface area contributed by atoms with Crippen molar-refractivity contribution in [2.24, 2.45) is 23.7 Å². The molecule has 0 spiro atoms. The average molecular weight is 324 g/mol. The Morgan fingerprint density at radius 3 is 1.32 bits per heavy atom. The Morgan fingerprint density at radius 2 is 1.00 bits per heavy atom. The SMILES string of the molecule is O=C(OO)C1CC(C(=O)OO)C(C(=O)OO)C(C(=O)OO)C1. The smallest absolute Gasteiger partial charge is 0.301 e. The van der Waals surface area contributed by atoms with Crippen LogP contribution in [0.1, 0.15) is 12.8 Å². The van der Waals surface area contributed by atoms with Gasteiger partial charge in [0.2, 0.25) is 0 Å². The Hall–Kier alpha value is -2.28. The highest BCUT2D eigenvalue weighted by molar-refractivity contribution is 5.88. The van der Waals surface area contributed by atoms with E-state index in [0.717, 1.165) is 0 Å². The molecule has 0 bridgehead atoms. The van der Waals surface area contributed by atoms with Gasteiger partial charge in [-0.1, -0.05) is 0 Å². The van der Waals surface area contributed by atoms with Crippen molar-refractivity contribution in [3.8, 4) is 0 Å². The lowest BCUT2D eigenvalue weighted by molar-refractivity contribution is -0.264. The minimum Gasteiger partial charge on any atom is -0.301 e. The van der Waals surface area contributed by atoms with Crippen LogP contribution in [0.15, 0.2) is 0 Å². The third kappa shape index (κ3) is 3.48. The van der Waals surface area contributed by atoms with Crippen molar-refractivity contribution in [1.29, 1.82) is 0 Å². The van der Waals surface area contributed by atoms with E-state index in [4.69, 9.17) is 21.0 Å². The number of carbonyl (C=O) groups is 4. The second-order valence-electron chi connectivity index (χ2n) is 4.55. The van der Waals surface area contributed by atoms with Gasteiger partial charge >= 0.3 is 23.9 Å². The van der Waals surface area contributed by atoms with Crippen molar-refractivity contribution in [3.63, 3.8) is 0 Å². The summed E-state index contributed by atoms with van der Waals surface area (Å²) in [6.45, 7) is 0. The molecule has 0 saturated heterocycles. The Balaban J connectivity index is 3.21. The van der Waals surface area contributed by atoms with Gasteiger partial charge < -0.3 is 19.6 Å². The van der Waals surface area contributed by atoms with Gasteiger partial charge in [0.05, 0.1) is 23.7 Å². The highest BCUT2D eigenvalue weighted by Gasteiger charge is 2.53. The predicted molar refractivity (Wildman–Crippen MR) is 58.1 cm³/mol. The lowest BCUT2D eigenvalue weighted by atomic mass is 9.67. The molecule has 1 aliphatic rings. The van der Waals surface area contributed by atoms with Crippen molar-refractivity contribution in [1.82, 2.24) is 0 Å². The van der Waals surface area contributed by atoms with Gasteiger partial charge in [0.25, 0.3) is 0 Å². The average Bonchev–Trinajstić information content (AvgIpc) is 2.57. The van der Waals surface area contributed by atoms with Crippen molar-refractivity contribution in [3.05, 3.63) is 0 Å². The summed E-state index contributed by atoms with van der Waals surface area (Å²) in [4.78, 5) is 59.9. The molecule has 12 nitrogen and oxygen atoms in total. The topological polar surface area (TPSA) is 186 Å². The van der Waals surface area contributed by atoms with Gasteiger partial charge in [-0.05, 0) is 12.8 Å². The van der Waals surface area contributed by atoms with Crippen LogP contribution < -0.4 is 0 Å². The quantitative estimate of drug-likeness (QED) is 0.290. The standard InChI is InChI=1S/C10H12O12/c11-7(19-15)3-1-4(8(12)20-16)6(10(14)22-18)5(2-3)9(13)21-17/h3-6,15-18H,1-2H2. The number of rotatable bonds is 4. The van der Waals surface area contributed by atoms with Gasteiger partial charge in [0.15, 0.2) is 0 Å². The Bertz CT molecular complexity index is 433. The molecule has 4 N–H and O–H groups in total. The maximum absolute atomic E-state index is 11.6. The highest BCUT2D eigenvalue weighted by Crippen LogP contribution is 2.40. The van der Waals surface area contributed by atoms with Crippen LogP contribution in [-0.4, -0.2) is 44.9 Å². The summed E-state index contributed by atoms with van der Waals surface area (Å²) in [7, 11) is 0. The Labute approximate surface area is 121 Å². The fourth-order valence-corrected chi connectivity index (χ4v) is 2.56. The first kappa shape index (κ1) is 17.8. The molecule has 0 aliphatic heterocycles. The minimum absolute atomic E-state index is 0.465. The van der Waals surface area contributed by atoms with Crippen LogP contribution in [0.2, 0.25) is 0 Å². The van der Waals surface area contributed by atoms with Crippen LogP contribution in [0.3, 0.4) is 0 Å². The summed E-state index contributed by atoms with van der Waals surface area (Å²) in [6.07, 6.45) is -0.929. The van der Waals surface area contributed by atoms with E-state index in [9.17, 15) is 19.2 Å². The van der Waals surface area contributed by atoms with E-state index in [1.165, 1.54) is 0 Å². The van der Waals surface area contributed by atoms with E-state index < -0.39 is 60.4 Å². The lowest BCUT2D eigenvalue weighted by Gasteiger charge is -2.34. The van der Waals surface area contributed by atoms with Crippen molar-refractivity contribution in [2.75, 3.05) is 0 Å². The number of carbonyl (C=O) groups excluding carboxylic acids is 4. The van der Waals surface area contributed by atoms with E-state index in [1.807, 2.05) is 0 Å². The summed E-state index contributed by atoms with van der Waals surface area (Å²) in [5, 5.41) is 33.7. The number of hydrogen-bond donors (Lipinski definition) is 4. The second kappa shape index (κ2) is 7.65. The fraction of sp³-hybridized carbons (Fsp3) is 0.600. The van der Waals surface area contributed by atoms with E-state index >= 15 is 0 Å². The molecule has 0 heterocycles. The minimum atomic E-state index is -1.70. The first-order valence-electron chi connectivity index (χ1n) is 5.82. The van der Waals surface area contributed by atoms with Gasteiger partial charge in [-0.15, -0.1) is 0 Å². The molecule has 1 saturated carbocycles. The first-order chi connectivity index (χ1) is 10.4. The largest absolute Gasteiger partial charge is 0.346 e. The zero-order valence-corrected chi connectivity index (χ0v) is 10.8. The fourth-order valence-electron chi connectivity index (χ4n) is 2.56. The molecule has 1 rings (SSSR count). The molecular formula is C10H12O12. The summed E-state index contributed by atoms with van der Waals surface area (Å²) in [6, 6.07) is 0. The molecule has 0 amide bonds. The molecule has 0 aromatic carbocycles. The summed E-state index contributed by atoms with van der Waals surface area (Å²) < 4.78 is 0. The highest BCUT2D eigenvalue weighted by atomic mass is 17.1. The molecule has 2 atom stereocenters. The predicted octanol–water partition coefficient (Wildman–Crippen LogP) is -0.690. The summed E-state index contributed by atoms with van der Waals surface area (Å²) >= 11 is 0. The van der Waals surface area contributed by atoms with Crippen molar-refractivity contribution in [2.45, 2.75) is 12.8 Å². The van der Waals surface area contributed by atoms with Crippen LogP contribution in [0.25, 0.3) is 0 Å². The van der Waals surface area contributed by atoms with Gasteiger partial charge in [-0.2, -0.15) is 21.0 Å². The monoisotopic (exact) mass is 324 g/mol. The van der Waals surface area contributed by atoms with Gasteiger partial charge in [-0.3, -0.25) is 0 Å². The third-order valence-electron chi connectivity index (χ3n) is 3.51. The molecule has 2 unspecified atom stereocenters. The number of hydrogen-bond acceptors (Lipinski definition) is 12. The molecule has 0 radical (unpaired) electrons. The van der Waals surface area contributed by atoms with E-state index in [0.29, 0.717) is 0 Å².